The maximum atomic E-state index is 6.30. The van der Waals surface area contributed by atoms with Crippen molar-refractivity contribution in [3.05, 3.63) is 43.3 Å². The van der Waals surface area contributed by atoms with Crippen LogP contribution in [0.1, 0.15) is 11.1 Å². The van der Waals surface area contributed by atoms with Crippen LogP contribution in [0.4, 0.5) is 0 Å². The molecule has 1 aromatic carbocycles. The molecule has 6 heteroatoms. The maximum Gasteiger partial charge on any atom is 0.173 e. The normalized spacial score (nSPS) is 11.2. The summed E-state index contributed by atoms with van der Waals surface area (Å²) < 4.78 is 0.964. The van der Waals surface area contributed by atoms with E-state index in [-0.39, 0.29) is 0 Å². The smallest absolute Gasteiger partial charge is 0.173 e. The van der Waals surface area contributed by atoms with E-state index in [1.807, 2.05) is 31.4 Å². The number of fused-ring (bicyclic) bond motifs is 1. The van der Waals surface area contributed by atoms with Crippen LogP contribution in [0, 0.1) is 13.8 Å². The third-order valence-electron chi connectivity index (χ3n) is 3.01. The fraction of sp³-hybridized carbons (Fsp3) is 0.143. The van der Waals surface area contributed by atoms with Gasteiger partial charge in [-0.15, -0.1) is 11.3 Å². The van der Waals surface area contributed by atoms with Gasteiger partial charge in [-0.1, -0.05) is 39.1 Å². The Labute approximate surface area is 138 Å². The zero-order valence-corrected chi connectivity index (χ0v) is 14.6. The Kier molecular flexibility index (Phi) is 3.75. The number of hydrogen-bond acceptors (Lipinski definition) is 3. The summed E-state index contributed by atoms with van der Waals surface area (Å²) in [7, 11) is 0. The van der Waals surface area contributed by atoms with Gasteiger partial charge in [0.2, 0.25) is 0 Å². The largest absolute Gasteiger partial charge is 0.227 e. The van der Waals surface area contributed by atoms with Crippen LogP contribution in [0.15, 0.2) is 22.0 Å². The second-order valence-electron chi connectivity index (χ2n) is 4.52. The highest BCUT2D eigenvalue weighted by Gasteiger charge is 2.15. The highest BCUT2D eigenvalue weighted by molar-refractivity contribution is 9.10. The molecule has 20 heavy (non-hydrogen) atoms. The minimum Gasteiger partial charge on any atom is -0.227 e. The van der Waals surface area contributed by atoms with Crippen LogP contribution in [0.25, 0.3) is 21.6 Å². The summed E-state index contributed by atoms with van der Waals surface area (Å²) in [4.78, 5) is 9.87. The van der Waals surface area contributed by atoms with Crippen molar-refractivity contribution in [1.82, 2.24) is 9.97 Å². The summed E-state index contributed by atoms with van der Waals surface area (Å²) in [5.41, 5.74) is 2.92. The number of halogens is 3. The van der Waals surface area contributed by atoms with Gasteiger partial charge in [0.1, 0.15) is 5.15 Å². The van der Waals surface area contributed by atoms with E-state index in [0.29, 0.717) is 16.0 Å². The first-order valence-electron chi connectivity index (χ1n) is 5.84. The quantitative estimate of drug-likeness (QED) is 0.475. The molecule has 102 valence electrons. The first-order valence-corrected chi connectivity index (χ1v) is 8.27. The summed E-state index contributed by atoms with van der Waals surface area (Å²) >= 11 is 17.6. The Morgan fingerprint density at radius 2 is 1.85 bits per heavy atom. The first kappa shape index (κ1) is 14.3. The van der Waals surface area contributed by atoms with Gasteiger partial charge >= 0.3 is 0 Å². The van der Waals surface area contributed by atoms with E-state index in [1.165, 1.54) is 11.3 Å². The molecule has 0 radical (unpaired) electrons. The molecule has 3 rings (SSSR count). The number of rotatable bonds is 1. The lowest BCUT2D eigenvalue weighted by molar-refractivity contribution is 1.22. The molecule has 2 nitrogen and oxygen atoms in total. The minimum absolute atomic E-state index is 0.441. The van der Waals surface area contributed by atoms with Crippen LogP contribution in [-0.2, 0) is 0 Å². The van der Waals surface area contributed by atoms with E-state index >= 15 is 0 Å². The Balaban J connectivity index is 2.32. The number of aryl methyl sites for hydroxylation is 2. The van der Waals surface area contributed by atoms with E-state index in [4.69, 9.17) is 23.2 Å². The summed E-state index contributed by atoms with van der Waals surface area (Å²) in [6.45, 7) is 3.97. The molecule has 0 saturated carbocycles. The third-order valence-corrected chi connectivity index (χ3v) is 5.45. The third kappa shape index (κ3) is 2.35. The Hall–Kier alpha value is -0.680. The van der Waals surface area contributed by atoms with Crippen LogP contribution < -0.4 is 0 Å². The monoisotopic (exact) mass is 386 g/mol. The molecule has 0 aliphatic heterocycles. The minimum atomic E-state index is 0.441. The molecular weight excluding hydrogens is 379 g/mol. The van der Waals surface area contributed by atoms with E-state index in [9.17, 15) is 0 Å². The Morgan fingerprint density at radius 1 is 1.10 bits per heavy atom. The van der Waals surface area contributed by atoms with E-state index in [1.54, 1.807) is 0 Å². The van der Waals surface area contributed by atoms with Crippen LogP contribution in [0.5, 0.6) is 0 Å². The molecule has 0 fully saturated rings. The molecule has 0 N–H and O–H groups in total. The highest BCUT2D eigenvalue weighted by Crippen LogP contribution is 2.37. The van der Waals surface area contributed by atoms with Gasteiger partial charge in [-0.2, -0.15) is 0 Å². The molecule has 2 heterocycles. The highest BCUT2D eigenvalue weighted by atomic mass is 79.9. The second kappa shape index (κ2) is 5.26. The number of benzene rings is 1. The lowest BCUT2D eigenvalue weighted by Gasteiger charge is -2.07. The summed E-state index contributed by atoms with van der Waals surface area (Å²) in [6, 6.07) is 3.94. The van der Waals surface area contributed by atoms with E-state index in [2.05, 4.69) is 25.9 Å². The Bertz CT molecular complexity index is 830. The lowest BCUT2D eigenvalue weighted by atomic mass is 10.1. The van der Waals surface area contributed by atoms with Crippen LogP contribution in [0.3, 0.4) is 0 Å². The summed E-state index contributed by atoms with van der Waals surface area (Å²) in [5, 5.41) is 3.97. The fourth-order valence-electron chi connectivity index (χ4n) is 2.01. The van der Waals surface area contributed by atoms with Crippen molar-refractivity contribution in [2.45, 2.75) is 13.8 Å². The average molecular weight is 388 g/mol. The molecule has 3 aromatic rings. The lowest BCUT2D eigenvalue weighted by Crippen LogP contribution is -1.93. The zero-order valence-electron chi connectivity index (χ0n) is 10.7. The predicted molar refractivity (Wildman–Crippen MR) is 90.0 cm³/mol. The number of aromatic nitrogens is 2. The number of thiophene rings is 1. The molecule has 2 aromatic heterocycles. The topological polar surface area (TPSA) is 25.8 Å². The van der Waals surface area contributed by atoms with E-state index < -0.39 is 0 Å². The predicted octanol–water partition coefficient (Wildman–Crippen LogP) is 6.04. The molecule has 0 amide bonds. The van der Waals surface area contributed by atoms with Crippen molar-refractivity contribution in [1.29, 1.82) is 0 Å². The van der Waals surface area contributed by atoms with E-state index in [0.717, 1.165) is 31.4 Å². The standard InChI is InChI=1S/C14H9BrCl2N2S/c1-6-3-8(15)4-9-11(6)18-14(19-13(9)17)12-10(16)7(2)5-20-12/h3-5H,1-2H3. The average Bonchev–Trinajstić information content (AvgIpc) is 2.71. The summed E-state index contributed by atoms with van der Waals surface area (Å²) in [6.07, 6.45) is 0. The first-order chi connectivity index (χ1) is 9.47. The van der Waals surface area contributed by atoms with Gasteiger partial charge in [-0.25, -0.2) is 9.97 Å². The molecule has 0 aliphatic carbocycles. The number of nitrogens with zero attached hydrogens (tertiary/aromatic N) is 2. The fourth-order valence-corrected chi connectivity index (χ4v) is 4.01. The van der Waals surface area contributed by atoms with Crippen molar-refractivity contribution in [2.75, 3.05) is 0 Å². The van der Waals surface area contributed by atoms with Crippen LogP contribution in [-0.4, -0.2) is 9.97 Å². The van der Waals surface area contributed by atoms with Gasteiger partial charge in [0.05, 0.1) is 15.4 Å². The van der Waals surface area contributed by atoms with Crippen molar-refractivity contribution >= 4 is 61.4 Å². The molecule has 0 atom stereocenters. The molecular formula is C14H9BrCl2N2S. The molecule has 0 saturated heterocycles. The second-order valence-corrected chi connectivity index (χ2v) is 7.05. The molecule has 0 aliphatic rings. The van der Waals surface area contributed by atoms with Crippen molar-refractivity contribution in [2.24, 2.45) is 0 Å². The molecule has 0 unspecified atom stereocenters. The van der Waals surface area contributed by atoms with Crippen LogP contribution in [0.2, 0.25) is 10.2 Å². The van der Waals surface area contributed by atoms with Crippen molar-refractivity contribution in [3.8, 4) is 10.7 Å². The van der Waals surface area contributed by atoms with Gasteiger partial charge in [0.25, 0.3) is 0 Å². The van der Waals surface area contributed by atoms with Gasteiger partial charge < -0.3 is 0 Å². The maximum absolute atomic E-state index is 6.30. The molecule has 0 bridgehead atoms. The summed E-state index contributed by atoms with van der Waals surface area (Å²) in [5.74, 6) is 0.580. The number of hydrogen-bond donors (Lipinski definition) is 0. The van der Waals surface area contributed by atoms with Crippen LogP contribution >= 0.6 is 50.5 Å². The van der Waals surface area contributed by atoms with Crippen molar-refractivity contribution < 1.29 is 0 Å². The SMILES string of the molecule is Cc1csc(-c2nc(Cl)c3cc(Br)cc(C)c3n2)c1Cl. The van der Waals surface area contributed by atoms with Crippen molar-refractivity contribution in [3.63, 3.8) is 0 Å². The van der Waals surface area contributed by atoms with Gasteiger partial charge in [0.15, 0.2) is 5.82 Å². The molecule has 0 spiro atoms. The van der Waals surface area contributed by atoms with Gasteiger partial charge in [-0.3, -0.25) is 0 Å². The van der Waals surface area contributed by atoms with Gasteiger partial charge in [0, 0.05) is 9.86 Å². The Morgan fingerprint density at radius 3 is 2.50 bits per heavy atom. The zero-order chi connectivity index (χ0) is 14.4. The van der Waals surface area contributed by atoms with Gasteiger partial charge in [-0.05, 0) is 42.5 Å².